The molecule has 4 amide bonds. The van der Waals surface area contributed by atoms with Gasteiger partial charge in [0.05, 0.1) is 59.3 Å². The number of nitrogens with two attached hydrogens (primary N) is 1. The van der Waals surface area contributed by atoms with Crippen molar-refractivity contribution >= 4 is 159 Å². The molecular formula is C60H80Cl3N13O17S6. The minimum Gasteiger partial charge on any atom is -0.444 e. The third-order valence-corrected chi connectivity index (χ3v) is 27.1. The molecule has 0 bridgehead atoms. The van der Waals surface area contributed by atoms with Crippen molar-refractivity contribution in [3.63, 3.8) is 0 Å². The number of rotatable bonds is 7. The molecule has 30 nitrogen and oxygen atoms in total. The number of sulfonamides is 3. The van der Waals surface area contributed by atoms with Crippen LogP contribution in [-0.2, 0) is 80.0 Å². The van der Waals surface area contributed by atoms with Crippen molar-refractivity contribution in [2.24, 2.45) is 20.7 Å². The summed E-state index contributed by atoms with van der Waals surface area (Å²) < 4.78 is 110. The van der Waals surface area contributed by atoms with E-state index in [0.29, 0.717) is 42.8 Å². The van der Waals surface area contributed by atoms with Crippen molar-refractivity contribution in [3.05, 3.63) is 111 Å². The van der Waals surface area contributed by atoms with Gasteiger partial charge < -0.3 is 40.1 Å². The number of nitrogens with one attached hydrogen (secondary N) is 4. The van der Waals surface area contributed by atoms with E-state index in [-0.39, 0.29) is 108 Å². The zero-order chi connectivity index (χ0) is 71.6. The van der Waals surface area contributed by atoms with Crippen LogP contribution < -0.4 is 27.0 Å². The maximum Gasteiger partial charge on any atom is 0.414 e. The van der Waals surface area contributed by atoms with Gasteiger partial charge in [-0.1, -0.05) is 61.8 Å². The molecule has 5 aromatic heterocycles. The zero-order valence-corrected chi connectivity index (χ0v) is 61.2. The van der Waals surface area contributed by atoms with Crippen LogP contribution in [0.2, 0.25) is 15.1 Å². The number of pyridine rings is 2. The standard InChI is InChI=1S/C23H28ClN5O6S2.C18H20ClN5O4S2.C16H22ClN3O5S2.CO2.2CH4.H2/c1-13-7-6-8-17(25-13)26-19(30)15-11-14(24)18(36-15)23-12-34-10-9-16(23)37(32,33)29(5)20(28-23)27-21(31)35-22(2,3)4;1-10-4-3-5-14(21-10)22-16(25)12-8-11(19)15(29-12)18-9-28-7-6-13(18)30(26,27)24(2)17(20)23-18;1-15(2,3)25-14(21)18-13-19-16(12-10(17)6-8-26-12)9-24-7-5-11(16)27(22,23)20(13)4;2-1-3;;;/h6-8,11,16H,9-10,12H2,1-5H3,(H,25,26,30)(H,27,28,31);3-5,8,13H,6-7,9H2,1-2H3,(H2,20,23)(H,21,22,25);6,8,11H,5,7,9H2,1-4H3,(H,18,19,21);;2*1H4;1H/t16?,23-;13?,18-;11?,16-;;;;/m000..../s1/i;;;;;;1+2. The van der Waals surface area contributed by atoms with Crippen LogP contribution in [0.5, 0.6) is 0 Å². The number of aromatic nitrogens is 2. The molecule has 544 valence electrons. The van der Waals surface area contributed by atoms with E-state index in [0.717, 1.165) is 47.0 Å². The van der Waals surface area contributed by atoms with Gasteiger partial charge in [-0.25, -0.2) is 72.7 Å². The molecule has 6 atom stereocenters. The fourth-order valence-corrected chi connectivity index (χ4v) is 21.3. The van der Waals surface area contributed by atoms with E-state index in [2.05, 4.69) is 46.2 Å². The molecule has 6 N–H and O–H groups in total. The average molecular weight is 1560 g/mol. The number of halogens is 3. The second kappa shape index (κ2) is 31.5. The number of aliphatic imine (C=N–C) groups is 3. The normalized spacial score (nSPS) is 23.9. The molecular weight excluding hydrogens is 1470 g/mol. The van der Waals surface area contributed by atoms with Crippen LogP contribution in [0.25, 0.3) is 0 Å². The van der Waals surface area contributed by atoms with Gasteiger partial charge in [0.15, 0.2) is 0 Å². The lowest BCUT2D eigenvalue weighted by Crippen LogP contribution is -2.62. The van der Waals surface area contributed by atoms with Gasteiger partial charge in [0.2, 0.25) is 47.9 Å². The first-order valence-electron chi connectivity index (χ1n) is 29.3. The smallest absolute Gasteiger partial charge is 0.414 e. The quantitative estimate of drug-likeness (QED) is 0.101. The summed E-state index contributed by atoms with van der Waals surface area (Å²) in [5.74, 6) is -0.553. The minimum atomic E-state index is -4.00. The van der Waals surface area contributed by atoms with Gasteiger partial charge in [-0.3, -0.25) is 20.2 Å². The summed E-state index contributed by atoms with van der Waals surface area (Å²) in [7, 11) is -7.52. The molecule has 99 heavy (non-hydrogen) atoms. The van der Waals surface area contributed by atoms with E-state index in [1.54, 1.807) is 90.2 Å². The van der Waals surface area contributed by atoms with Crippen LogP contribution in [-0.4, -0.2) is 184 Å². The number of guanidine groups is 3. The largest absolute Gasteiger partial charge is 0.444 e. The summed E-state index contributed by atoms with van der Waals surface area (Å²) in [6.07, 6.45) is -0.720. The van der Waals surface area contributed by atoms with E-state index in [9.17, 15) is 44.4 Å². The summed E-state index contributed by atoms with van der Waals surface area (Å²) >= 11 is 22.8. The molecule has 0 saturated carbocycles. The molecule has 3 fully saturated rings. The third-order valence-electron chi connectivity index (χ3n) is 15.3. The molecule has 0 aromatic carbocycles. The number of anilines is 2. The average Bonchev–Trinajstić information content (AvgIpc) is 1.18. The van der Waals surface area contributed by atoms with Gasteiger partial charge in [0, 0.05) is 53.8 Å². The number of carbonyl (C=O) groups excluding carboxylic acids is 6. The Bertz CT molecular complexity index is 4350. The Morgan fingerprint density at radius 1 is 0.586 bits per heavy atom. The highest BCUT2D eigenvalue weighted by Crippen LogP contribution is 2.51. The van der Waals surface area contributed by atoms with Crippen molar-refractivity contribution in [3.8, 4) is 0 Å². The predicted octanol–water partition coefficient (Wildman–Crippen LogP) is 8.90. The topological polar surface area (TPSA) is 398 Å². The van der Waals surface area contributed by atoms with Crippen molar-refractivity contribution in [1.82, 2.24) is 33.5 Å². The SMILES string of the molecule is C.C.CN1C(NC(=O)OC(C)(C)C)=N[C@@]2(c3sccc3Cl)COCCC2S1(=O)=O.Cc1cccc(NC(=O)c2cc(Cl)c([C@]34COCCC3S(=O)(=O)N(C)C(N)=N4)s2)n1.Cc1cccc(NC(=O)c2cc(Cl)c([C@]34COCCC3S(=O)(=O)N(C)C(NC(=O)OC(C)(C)C)=N4)s2)n1.O=C=O.[3HH]. The summed E-state index contributed by atoms with van der Waals surface area (Å²) in [6, 6.07) is 15.2. The Labute approximate surface area is 603 Å². The molecule has 0 spiro atoms. The maximum absolute atomic E-state index is 13.6. The monoisotopic (exact) mass is 1550 g/mol. The fourth-order valence-electron chi connectivity index (χ4n) is 11.0. The Morgan fingerprint density at radius 3 is 1.28 bits per heavy atom. The Kier molecular flexibility index (Phi) is 25.8. The number of aryl methyl sites for hydroxylation is 2. The van der Waals surface area contributed by atoms with E-state index in [1.165, 1.54) is 44.6 Å². The highest BCUT2D eigenvalue weighted by molar-refractivity contribution is 7.91. The predicted molar refractivity (Wildman–Crippen MR) is 380 cm³/mol. The first-order chi connectivity index (χ1) is 45.3. The number of hydrogen-bond donors (Lipinski definition) is 5. The number of ether oxygens (including phenoxy) is 5. The molecule has 3 unspecified atom stereocenters. The number of thiophene rings is 3. The van der Waals surface area contributed by atoms with Gasteiger partial charge in [-0.15, -0.1) is 34.0 Å². The van der Waals surface area contributed by atoms with E-state index in [1.807, 2.05) is 13.0 Å². The van der Waals surface area contributed by atoms with Crippen molar-refractivity contribution in [2.75, 3.05) is 71.4 Å². The number of carbonyl (C=O) groups is 4. The second-order valence-corrected chi connectivity index (χ2v) is 35.1. The molecule has 0 radical (unpaired) electrons. The van der Waals surface area contributed by atoms with Gasteiger partial charge in [-0.05, 0) is 122 Å². The number of fused-ring (bicyclic) bond motifs is 3. The minimum absolute atomic E-state index is 0. The van der Waals surface area contributed by atoms with Gasteiger partial charge in [0.1, 0.15) is 55.2 Å². The van der Waals surface area contributed by atoms with Crippen molar-refractivity contribution in [2.45, 2.75) is 133 Å². The van der Waals surface area contributed by atoms with E-state index in [4.69, 9.17) is 73.8 Å². The van der Waals surface area contributed by atoms with E-state index < -0.39 is 97.6 Å². The van der Waals surface area contributed by atoms with Crippen LogP contribution >= 0.6 is 68.8 Å². The lowest BCUT2D eigenvalue weighted by molar-refractivity contribution is -0.191. The summed E-state index contributed by atoms with van der Waals surface area (Å²) in [5.41, 5.74) is 1.91. The van der Waals surface area contributed by atoms with Gasteiger partial charge >= 0.3 is 18.3 Å². The maximum atomic E-state index is 13.6. The molecule has 39 heteroatoms. The molecule has 3 saturated heterocycles. The number of amides is 4. The van der Waals surface area contributed by atoms with Crippen LogP contribution in [0, 0.1) is 13.8 Å². The molecule has 6 aliphatic heterocycles. The highest BCUT2D eigenvalue weighted by Gasteiger charge is 2.60. The highest BCUT2D eigenvalue weighted by atomic mass is 35.5. The molecule has 6 aliphatic rings. The molecule has 0 aliphatic carbocycles. The summed E-state index contributed by atoms with van der Waals surface area (Å²) in [6.45, 7) is 14.6. The van der Waals surface area contributed by atoms with Gasteiger partial charge in [-0.2, -0.15) is 9.59 Å². The van der Waals surface area contributed by atoms with Crippen molar-refractivity contribution in [1.29, 1.82) is 0 Å². The van der Waals surface area contributed by atoms with Crippen LogP contribution in [0.1, 0.15) is 122 Å². The van der Waals surface area contributed by atoms with E-state index >= 15 is 0 Å². The summed E-state index contributed by atoms with van der Waals surface area (Å²) in [4.78, 5) is 91.0. The van der Waals surface area contributed by atoms with Crippen LogP contribution in [0.4, 0.5) is 21.2 Å². The van der Waals surface area contributed by atoms with Crippen LogP contribution in [0.15, 0.2) is 75.0 Å². The Hall–Kier alpha value is -6.93. The number of nitrogens with zero attached hydrogens (tertiary/aromatic N) is 8. The van der Waals surface area contributed by atoms with Gasteiger partial charge in [0.25, 0.3) is 11.8 Å². The summed E-state index contributed by atoms with van der Waals surface area (Å²) in [5, 5.41) is 10.2. The number of alkyl carbamates (subject to hydrolysis) is 2. The van der Waals surface area contributed by atoms with Crippen LogP contribution in [0.3, 0.4) is 0 Å². The Morgan fingerprint density at radius 2 is 0.939 bits per heavy atom. The second-order valence-electron chi connectivity index (χ2n) is 24.4. The molecule has 11 rings (SSSR count). The molecule has 11 heterocycles. The number of hydrogen-bond acceptors (Lipinski definition) is 26. The zero-order valence-electron chi connectivity index (χ0n) is 54.0. The third kappa shape index (κ3) is 17.3. The first-order valence-corrected chi connectivity index (χ1v) is 37.5. The fraction of sp³-hybridized carbons (Fsp3) is 0.500. The van der Waals surface area contributed by atoms with Crippen molar-refractivity contribution < 1.29 is 79.1 Å². The molecule has 5 aromatic rings. The Balaban J connectivity index is 0.000000264. The lowest BCUT2D eigenvalue weighted by Gasteiger charge is -2.45. The lowest BCUT2D eigenvalue weighted by atomic mass is 9.90. The first kappa shape index (κ1) is 81.0.